The maximum absolute atomic E-state index is 13.1. The van der Waals surface area contributed by atoms with Crippen LogP contribution in [0.2, 0.25) is 0 Å². The zero-order valence-corrected chi connectivity index (χ0v) is 21.5. The molecular formula is C24H17Br2NO5S. The van der Waals surface area contributed by atoms with Gasteiger partial charge in [-0.1, -0.05) is 46.3 Å². The first-order chi connectivity index (χ1) is 15.8. The number of aryl methyl sites for hydroxylation is 1. The summed E-state index contributed by atoms with van der Waals surface area (Å²) in [6, 6.07) is 14.4. The average Bonchev–Trinajstić information content (AvgIpc) is 3.10. The van der Waals surface area contributed by atoms with Gasteiger partial charge in [-0.3, -0.25) is 4.79 Å². The SMILES string of the molecule is CCOC(=O)c1c(NC(=O)c2cc3cc(Br)cc(Br)c3oc2=O)sc(C)c1-c1ccccc1. The fourth-order valence-electron chi connectivity index (χ4n) is 3.47. The monoisotopic (exact) mass is 589 g/mol. The molecule has 4 rings (SSSR count). The number of hydrogen-bond acceptors (Lipinski definition) is 6. The second-order valence-corrected chi connectivity index (χ2v) is 10.0. The number of anilines is 1. The van der Waals surface area contributed by atoms with Crippen LogP contribution in [0.5, 0.6) is 0 Å². The standard InChI is InChI=1S/C24H17Br2NO5S/c1-3-31-24(30)19-18(13-7-5-4-6-8-13)12(2)33-22(19)27-21(28)16-10-14-9-15(25)11-17(26)20(14)32-23(16)29/h4-11H,3H2,1-2H3,(H,27,28). The second kappa shape index (κ2) is 9.62. The summed E-state index contributed by atoms with van der Waals surface area (Å²) < 4.78 is 12.0. The lowest BCUT2D eigenvalue weighted by Gasteiger charge is -2.09. The quantitative estimate of drug-likeness (QED) is 0.204. The molecule has 33 heavy (non-hydrogen) atoms. The minimum atomic E-state index is -0.780. The Morgan fingerprint density at radius 2 is 1.85 bits per heavy atom. The Kier molecular flexibility index (Phi) is 6.83. The van der Waals surface area contributed by atoms with Crippen LogP contribution in [0.25, 0.3) is 22.1 Å². The Labute approximate surface area is 209 Å². The Morgan fingerprint density at radius 1 is 1.12 bits per heavy atom. The highest BCUT2D eigenvalue weighted by atomic mass is 79.9. The second-order valence-electron chi connectivity index (χ2n) is 7.03. The van der Waals surface area contributed by atoms with E-state index in [0.29, 0.717) is 26.0 Å². The van der Waals surface area contributed by atoms with Crippen LogP contribution in [0.4, 0.5) is 5.00 Å². The molecule has 0 saturated carbocycles. The predicted octanol–water partition coefficient (Wildman–Crippen LogP) is 6.78. The van der Waals surface area contributed by atoms with Crippen LogP contribution in [0.1, 0.15) is 32.5 Å². The lowest BCUT2D eigenvalue weighted by molar-refractivity contribution is 0.0529. The van der Waals surface area contributed by atoms with E-state index in [2.05, 4.69) is 37.2 Å². The molecule has 4 aromatic rings. The van der Waals surface area contributed by atoms with E-state index in [4.69, 9.17) is 9.15 Å². The zero-order chi connectivity index (χ0) is 23.7. The molecule has 1 N–H and O–H groups in total. The number of thiophene rings is 1. The topological polar surface area (TPSA) is 85.6 Å². The lowest BCUT2D eigenvalue weighted by atomic mass is 10.0. The maximum Gasteiger partial charge on any atom is 0.349 e. The molecule has 0 unspecified atom stereocenters. The van der Waals surface area contributed by atoms with Crippen LogP contribution in [-0.4, -0.2) is 18.5 Å². The highest BCUT2D eigenvalue weighted by Crippen LogP contribution is 2.40. The summed E-state index contributed by atoms with van der Waals surface area (Å²) >= 11 is 7.99. The Balaban J connectivity index is 1.79. The van der Waals surface area contributed by atoms with Crippen molar-refractivity contribution in [3.63, 3.8) is 0 Å². The van der Waals surface area contributed by atoms with Gasteiger partial charge in [-0.05, 0) is 53.5 Å². The minimum absolute atomic E-state index is 0.172. The van der Waals surface area contributed by atoms with Crippen molar-refractivity contribution < 1.29 is 18.7 Å². The van der Waals surface area contributed by atoms with Gasteiger partial charge in [0, 0.05) is 20.3 Å². The summed E-state index contributed by atoms with van der Waals surface area (Å²) in [4.78, 5) is 39.3. The Hall–Kier alpha value is -2.75. The number of rotatable bonds is 5. The van der Waals surface area contributed by atoms with Crippen LogP contribution in [0, 0.1) is 6.92 Å². The van der Waals surface area contributed by atoms with Crippen molar-refractivity contribution in [2.24, 2.45) is 0 Å². The van der Waals surface area contributed by atoms with Gasteiger partial charge in [0.05, 0.1) is 11.1 Å². The summed E-state index contributed by atoms with van der Waals surface area (Å²) in [5.41, 5.74) is 1.16. The predicted molar refractivity (Wildman–Crippen MR) is 136 cm³/mol. The number of carbonyl (C=O) groups is 2. The van der Waals surface area contributed by atoms with E-state index in [1.807, 2.05) is 37.3 Å². The summed E-state index contributed by atoms with van der Waals surface area (Å²) in [6.45, 7) is 3.77. The van der Waals surface area contributed by atoms with E-state index < -0.39 is 17.5 Å². The van der Waals surface area contributed by atoms with Gasteiger partial charge < -0.3 is 14.5 Å². The third kappa shape index (κ3) is 4.66. The Bertz CT molecular complexity index is 1440. The van der Waals surface area contributed by atoms with Gasteiger partial charge in [-0.25, -0.2) is 9.59 Å². The molecule has 2 aromatic carbocycles. The third-order valence-corrected chi connectivity index (χ3v) is 6.92. The molecule has 2 heterocycles. The van der Waals surface area contributed by atoms with Gasteiger partial charge in [0.25, 0.3) is 5.91 Å². The van der Waals surface area contributed by atoms with Gasteiger partial charge in [0.15, 0.2) is 5.58 Å². The van der Waals surface area contributed by atoms with Crippen LogP contribution in [-0.2, 0) is 4.74 Å². The van der Waals surface area contributed by atoms with Crippen LogP contribution < -0.4 is 10.9 Å². The number of benzene rings is 2. The van der Waals surface area contributed by atoms with Crippen molar-refractivity contribution in [2.45, 2.75) is 13.8 Å². The minimum Gasteiger partial charge on any atom is -0.462 e. The molecule has 0 radical (unpaired) electrons. The molecule has 2 aromatic heterocycles. The first-order valence-electron chi connectivity index (χ1n) is 9.90. The molecule has 9 heteroatoms. The van der Waals surface area contributed by atoms with E-state index >= 15 is 0 Å². The van der Waals surface area contributed by atoms with Crippen molar-refractivity contribution in [2.75, 3.05) is 11.9 Å². The number of fused-ring (bicyclic) bond motifs is 1. The molecule has 0 aliphatic rings. The highest BCUT2D eigenvalue weighted by Gasteiger charge is 2.26. The summed E-state index contributed by atoms with van der Waals surface area (Å²) in [5.74, 6) is -1.22. The third-order valence-electron chi connectivity index (χ3n) is 4.85. The van der Waals surface area contributed by atoms with Crippen molar-refractivity contribution >= 4 is 71.0 Å². The number of halogens is 2. The first kappa shape index (κ1) is 23.4. The van der Waals surface area contributed by atoms with E-state index in [0.717, 1.165) is 14.9 Å². The molecule has 6 nitrogen and oxygen atoms in total. The molecule has 1 amide bonds. The Morgan fingerprint density at radius 3 is 2.55 bits per heavy atom. The fraction of sp³-hybridized carbons (Fsp3) is 0.125. The molecule has 0 atom stereocenters. The highest BCUT2D eigenvalue weighted by molar-refractivity contribution is 9.11. The van der Waals surface area contributed by atoms with Crippen molar-refractivity contribution in [3.05, 3.63) is 83.9 Å². The average molecular weight is 591 g/mol. The van der Waals surface area contributed by atoms with E-state index in [1.54, 1.807) is 19.1 Å². The summed E-state index contributed by atoms with van der Waals surface area (Å²) in [5, 5.41) is 3.61. The molecular weight excluding hydrogens is 574 g/mol. The van der Waals surface area contributed by atoms with E-state index in [-0.39, 0.29) is 17.7 Å². The molecule has 168 valence electrons. The number of carbonyl (C=O) groups excluding carboxylic acids is 2. The zero-order valence-electron chi connectivity index (χ0n) is 17.5. The molecule has 0 fully saturated rings. The lowest BCUT2D eigenvalue weighted by Crippen LogP contribution is -2.21. The number of amides is 1. The van der Waals surface area contributed by atoms with E-state index in [9.17, 15) is 14.4 Å². The van der Waals surface area contributed by atoms with Crippen LogP contribution in [0.3, 0.4) is 0 Å². The van der Waals surface area contributed by atoms with Gasteiger partial charge in [-0.15, -0.1) is 11.3 Å². The van der Waals surface area contributed by atoms with Crippen molar-refractivity contribution in [1.29, 1.82) is 0 Å². The molecule has 0 aliphatic heterocycles. The van der Waals surface area contributed by atoms with Gasteiger partial charge >= 0.3 is 11.6 Å². The molecule has 0 saturated heterocycles. The number of ether oxygens (including phenoxy) is 1. The van der Waals surface area contributed by atoms with Crippen molar-refractivity contribution in [1.82, 2.24) is 0 Å². The normalized spacial score (nSPS) is 10.9. The van der Waals surface area contributed by atoms with Gasteiger partial charge in [-0.2, -0.15) is 0 Å². The van der Waals surface area contributed by atoms with Gasteiger partial charge in [0.2, 0.25) is 0 Å². The summed E-state index contributed by atoms with van der Waals surface area (Å²) in [6.07, 6.45) is 0. The smallest absolute Gasteiger partial charge is 0.349 e. The van der Waals surface area contributed by atoms with Crippen LogP contribution in [0.15, 0.2) is 66.7 Å². The number of nitrogens with one attached hydrogen (secondary N) is 1. The van der Waals surface area contributed by atoms with Crippen molar-refractivity contribution in [3.8, 4) is 11.1 Å². The van der Waals surface area contributed by atoms with E-state index in [1.165, 1.54) is 17.4 Å². The van der Waals surface area contributed by atoms with Crippen LogP contribution >= 0.6 is 43.2 Å². The maximum atomic E-state index is 13.1. The number of esters is 1. The van der Waals surface area contributed by atoms with Gasteiger partial charge in [0.1, 0.15) is 16.1 Å². The summed E-state index contributed by atoms with van der Waals surface area (Å²) in [7, 11) is 0. The first-order valence-corrected chi connectivity index (χ1v) is 12.3. The molecule has 0 aliphatic carbocycles. The number of hydrogen-bond donors (Lipinski definition) is 1. The fourth-order valence-corrected chi connectivity index (χ4v) is 5.87. The molecule has 0 bridgehead atoms. The molecule has 0 spiro atoms. The largest absolute Gasteiger partial charge is 0.462 e.